The van der Waals surface area contributed by atoms with Crippen molar-refractivity contribution in [1.29, 1.82) is 0 Å². The van der Waals surface area contributed by atoms with Crippen LogP contribution >= 0.6 is 0 Å². The molecule has 0 saturated heterocycles. The van der Waals surface area contributed by atoms with Gasteiger partial charge >= 0.3 is 5.97 Å². The lowest BCUT2D eigenvalue weighted by Crippen LogP contribution is -2.06. The van der Waals surface area contributed by atoms with E-state index in [9.17, 15) is 9.18 Å². The Hall–Kier alpha value is -2.63. The molecular formula is C13H11FN2O3. The maximum Gasteiger partial charge on any atom is 0.340 e. The van der Waals surface area contributed by atoms with Crippen molar-refractivity contribution in [2.75, 3.05) is 12.8 Å². The molecule has 0 radical (unpaired) electrons. The maximum atomic E-state index is 12.7. The predicted molar refractivity (Wildman–Crippen MR) is 66.5 cm³/mol. The van der Waals surface area contributed by atoms with Crippen molar-refractivity contribution in [3.8, 4) is 11.6 Å². The smallest absolute Gasteiger partial charge is 0.340 e. The summed E-state index contributed by atoms with van der Waals surface area (Å²) in [7, 11) is 1.25. The van der Waals surface area contributed by atoms with Crippen molar-refractivity contribution in [2.24, 2.45) is 0 Å². The Kier molecular flexibility index (Phi) is 3.61. The molecule has 1 aromatic heterocycles. The van der Waals surface area contributed by atoms with Gasteiger partial charge in [0.15, 0.2) is 0 Å². The SMILES string of the molecule is COC(=O)c1cc(Oc2ccc(F)cc2)ncc1N. The van der Waals surface area contributed by atoms with Crippen LogP contribution in [0.3, 0.4) is 0 Å². The fourth-order valence-corrected chi connectivity index (χ4v) is 1.41. The van der Waals surface area contributed by atoms with E-state index in [-0.39, 0.29) is 22.9 Å². The number of nitrogens with two attached hydrogens (primary N) is 1. The van der Waals surface area contributed by atoms with Gasteiger partial charge in [-0.3, -0.25) is 0 Å². The van der Waals surface area contributed by atoms with E-state index in [1.54, 1.807) is 0 Å². The highest BCUT2D eigenvalue weighted by Gasteiger charge is 2.12. The topological polar surface area (TPSA) is 74.4 Å². The van der Waals surface area contributed by atoms with Crippen molar-refractivity contribution in [1.82, 2.24) is 4.98 Å². The van der Waals surface area contributed by atoms with Crippen LogP contribution in [0.25, 0.3) is 0 Å². The van der Waals surface area contributed by atoms with E-state index in [2.05, 4.69) is 9.72 Å². The Balaban J connectivity index is 2.26. The first-order valence-electron chi connectivity index (χ1n) is 5.37. The Bertz CT molecular complexity index is 599. The number of nitrogens with zero attached hydrogens (tertiary/aromatic N) is 1. The van der Waals surface area contributed by atoms with Crippen LogP contribution in [0.15, 0.2) is 36.5 Å². The lowest BCUT2D eigenvalue weighted by molar-refractivity contribution is 0.0601. The third-order valence-electron chi connectivity index (χ3n) is 2.35. The van der Waals surface area contributed by atoms with Gasteiger partial charge in [-0.2, -0.15) is 0 Å². The second-order valence-corrected chi connectivity index (χ2v) is 3.66. The minimum absolute atomic E-state index is 0.162. The summed E-state index contributed by atoms with van der Waals surface area (Å²) in [6, 6.07) is 6.78. The number of ether oxygens (including phenoxy) is 2. The van der Waals surface area contributed by atoms with Gasteiger partial charge in [0.1, 0.15) is 11.6 Å². The van der Waals surface area contributed by atoms with Crippen LogP contribution in [0.2, 0.25) is 0 Å². The summed E-state index contributed by atoms with van der Waals surface area (Å²) in [4.78, 5) is 15.4. The average Bonchev–Trinajstić information content (AvgIpc) is 2.42. The van der Waals surface area contributed by atoms with Gasteiger partial charge in [-0.1, -0.05) is 0 Å². The number of hydrogen-bond donors (Lipinski definition) is 1. The molecule has 0 aliphatic carbocycles. The molecular weight excluding hydrogens is 251 g/mol. The number of benzene rings is 1. The monoisotopic (exact) mass is 262 g/mol. The number of aromatic nitrogens is 1. The highest BCUT2D eigenvalue weighted by molar-refractivity contribution is 5.95. The van der Waals surface area contributed by atoms with Crippen molar-refractivity contribution in [3.63, 3.8) is 0 Å². The molecule has 0 saturated carbocycles. The van der Waals surface area contributed by atoms with E-state index < -0.39 is 5.97 Å². The quantitative estimate of drug-likeness (QED) is 0.859. The second kappa shape index (κ2) is 5.34. The van der Waals surface area contributed by atoms with Crippen LogP contribution < -0.4 is 10.5 Å². The first-order chi connectivity index (χ1) is 9.10. The predicted octanol–water partition coefficient (Wildman–Crippen LogP) is 2.38. The fraction of sp³-hybridized carbons (Fsp3) is 0.0769. The van der Waals surface area contributed by atoms with Gasteiger partial charge in [0, 0.05) is 6.07 Å². The first-order valence-corrected chi connectivity index (χ1v) is 5.37. The lowest BCUT2D eigenvalue weighted by atomic mass is 10.2. The molecule has 0 unspecified atom stereocenters. The van der Waals surface area contributed by atoms with E-state index in [4.69, 9.17) is 10.5 Å². The standard InChI is InChI=1S/C13H11FN2O3/c1-18-13(17)10-6-12(16-7-11(10)15)19-9-4-2-8(14)3-5-9/h2-7H,15H2,1H3. The van der Waals surface area contributed by atoms with Gasteiger partial charge in [-0.15, -0.1) is 0 Å². The maximum absolute atomic E-state index is 12.7. The molecule has 0 aliphatic rings. The van der Waals surface area contributed by atoms with E-state index >= 15 is 0 Å². The highest BCUT2D eigenvalue weighted by Crippen LogP contribution is 2.23. The summed E-state index contributed by atoms with van der Waals surface area (Å²) in [5, 5.41) is 0. The number of halogens is 1. The summed E-state index contributed by atoms with van der Waals surface area (Å²) in [6.45, 7) is 0. The summed E-state index contributed by atoms with van der Waals surface area (Å²) in [5.74, 6) is -0.382. The normalized spacial score (nSPS) is 10.0. The van der Waals surface area contributed by atoms with Crippen LogP contribution in [0.4, 0.5) is 10.1 Å². The Labute approximate surface area is 108 Å². The van der Waals surface area contributed by atoms with Crippen molar-refractivity contribution < 1.29 is 18.7 Å². The third-order valence-corrected chi connectivity index (χ3v) is 2.35. The third kappa shape index (κ3) is 2.98. The number of carbonyl (C=O) groups is 1. The highest BCUT2D eigenvalue weighted by atomic mass is 19.1. The number of carbonyl (C=O) groups excluding carboxylic acids is 1. The zero-order chi connectivity index (χ0) is 13.8. The minimum atomic E-state index is -0.580. The Morgan fingerprint density at radius 2 is 2.00 bits per heavy atom. The number of esters is 1. The summed E-state index contributed by atoms with van der Waals surface area (Å²) in [6.07, 6.45) is 1.30. The molecule has 2 N–H and O–H groups in total. The number of anilines is 1. The molecule has 2 aromatic rings. The Morgan fingerprint density at radius 3 is 2.63 bits per heavy atom. The second-order valence-electron chi connectivity index (χ2n) is 3.66. The molecule has 6 heteroatoms. The van der Waals surface area contributed by atoms with Crippen LogP contribution in [-0.2, 0) is 4.74 Å². The molecule has 5 nitrogen and oxygen atoms in total. The fourth-order valence-electron chi connectivity index (χ4n) is 1.41. The molecule has 98 valence electrons. The van der Waals surface area contributed by atoms with Crippen LogP contribution in [0.1, 0.15) is 10.4 Å². The van der Waals surface area contributed by atoms with Crippen LogP contribution in [0.5, 0.6) is 11.6 Å². The van der Waals surface area contributed by atoms with Crippen molar-refractivity contribution in [3.05, 3.63) is 47.9 Å². The minimum Gasteiger partial charge on any atom is -0.465 e. The van der Waals surface area contributed by atoms with Gasteiger partial charge in [0.25, 0.3) is 0 Å². The van der Waals surface area contributed by atoms with E-state index in [1.165, 1.54) is 43.6 Å². The van der Waals surface area contributed by atoms with Gasteiger partial charge in [0.2, 0.25) is 5.88 Å². The van der Waals surface area contributed by atoms with Gasteiger partial charge in [-0.05, 0) is 24.3 Å². The van der Waals surface area contributed by atoms with Gasteiger partial charge in [0.05, 0.1) is 24.6 Å². The van der Waals surface area contributed by atoms with Gasteiger partial charge < -0.3 is 15.2 Å². The summed E-state index contributed by atoms with van der Waals surface area (Å²) in [5.41, 5.74) is 5.97. The molecule has 0 fully saturated rings. The van der Waals surface area contributed by atoms with E-state index in [0.29, 0.717) is 5.75 Å². The van der Waals surface area contributed by atoms with Crippen molar-refractivity contribution >= 4 is 11.7 Å². The average molecular weight is 262 g/mol. The molecule has 0 atom stereocenters. The van der Waals surface area contributed by atoms with Gasteiger partial charge in [-0.25, -0.2) is 14.2 Å². The van der Waals surface area contributed by atoms with E-state index in [0.717, 1.165) is 0 Å². The number of rotatable bonds is 3. The van der Waals surface area contributed by atoms with E-state index in [1.807, 2.05) is 0 Å². The zero-order valence-electron chi connectivity index (χ0n) is 10.1. The molecule has 0 spiro atoms. The molecule has 1 heterocycles. The largest absolute Gasteiger partial charge is 0.465 e. The summed E-state index contributed by atoms with van der Waals surface area (Å²) >= 11 is 0. The molecule has 2 rings (SSSR count). The molecule has 1 aromatic carbocycles. The molecule has 0 amide bonds. The lowest BCUT2D eigenvalue weighted by Gasteiger charge is -2.07. The van der Waals surface area contributed by atoms with Crippen LogP contribution in [-0.4, -0.2) is 18.1 Å². The summed E-state index contributed by atoms with van der Waals surface area (Å²) < 4.78 is 22.7. The number of nitrogen functional groups attached to an aromatic ring is 1. The Morgan fingerprint density at radius 1 is 1.32 bits per heavy atom. The number of hydrogen-bond acceptors (Lipinski definition) is 5. The van der Waals surface area contributed by atoms with Crippen LogP contribution in [0, 0.1) is 5.82 Å². The zero-order valence-corrected chi connectivity index (χ0v) is 10.1. The number of methoxy groups -OCH3 is 1. The first kappa shape index (κ1) is 12.8. The molecule has 0 aliphatic heterocycles. The molecule has 0 bridgehead atoms. The number of pyridine rings is 1. The van der Waals surface area contributed by atoms with Crippen molar-refractivity contribution in [2.45, 2.75) is 0 Å². The molecule has 19 heavy (non-hydrogen) atoms.